The fourth-order valence-corrected chi connectivity index (χ4v) is 1.46. The number of H-pyrrole nitrogens is 1. The van der Waals surface area contributed by atoms with Crippen LogP contribution in [0, 0.1) is 0 Å². The number of aromatic nitrogens is 1. The standard InChI is InChI=1S/C7H5BrClF2NO/c8-2-3-1-4(13)5(7(10)11)6(9)12-3/h1,7H,2H2,(H,12,13). The van der Waals surface area contributed by atoms with E-state index in [4.69, 9.17) is 11.6 Å². The first kappa shape index (κ1) is 10.7. The summed E-state index contributed by atoms with van der Waals surface area (Å²) in [4.78, 5) is 13.5. The van der Waals surface area contributed by atoms with E-state index in [1.54, 1.807) is 0 Å². The van der Waals surface area contributed by atoms with E-state index < -0.39 is 17.4 Å². The number of alkyl halides is 3. The lowest BCUT2D eigenvalue weighted by Gasteiger charge is -2.03. The minimum absolute atomic E-state index is 0.294. The van der Waals surface area contributed by atoms with Crippen molar-refractivity contribution in [2.75, 3.05) is 0 Å². The Hall–Kier alpha value is -0.420. The molecule has 0 spiro atoms. The molecule has 0 atom stereocenters. The van der Waals surface area contributed by atoms with Gasteiger partial charge in [-0.25, -0.2) is 8.78 Å². The minimum Gasteiger partial charge on any atom is -0.348 e. The Labute approximate surface area is 86.0 Å². The van der Waals surface area contributed by atoms with Gasteiger partial charge in [0.05, 0.1) is 0 Å². The van der Waals surface area contributed by atoms with Crippen LogP contribution in [-0.2, 0) is 5.33 Å². The highest BCUT2D eigenvalue weighted by molar-refractivity contribution is 9.08. The molecule has 0 aromatic carbocycles. The second-order valence-electron chi connectivity index (χ2n) is 2.32. The van der Waals surface area contributed by atoms with Crippen LogP contribution in [0.1, 0.15) is 17.7 Å². The summed E-state index contributed by atoms with van der Waals surface area (Å²) in [7, 11) is 0. The molecule has 0 aliphatic rings. The molecule has 0 saturated carbocycles. The van der Waals surface area contributed by atoms with E-state index in [0.717, 1.165) is 6.07 Å². The fraction of sp³-hybridized carbons (Fsp3) is 0.286. The second-order valence-corrected chi connectivity index (χ2v) is 3.26. The van der Waals surface area contributed by atoms with Crippen LogP contribution in [0.4, 0.5) is 8.78 Å². The third kappa shape index (κ3) is 2.28. The van der Waals surface area contributed by atoms with E-state index in [1.165, 1.54) is 0 Å². The zero-order chi connectivity index (χ0) is 10.0. The minimum atomic E-state index is -2.85. The maximum Gasteiger partial charge on any atom is 0.270 e. The van der Waals surface area contributed by atoms with Gasteiger partial charge in [0.2, 0.25) is 0 Å². The molecule has 72 valence electrons. The Morgan fingerprint density at radius 2 is 2.23 bits per heavy atom. The summed E-state index contributed by atoms with van der Waals surface area (Å²) in [6.45, 7) is 0. The van der Waals surface area contributed by atoms with Crippen LogP contribution in [0.5, 0.6) is 0 Å². The maximum absolute atomic E-state index is 12.2. The number of hydrogen-bond donors (Lipinski definition) is 1. The Kier molecular flexibility index (Phi) is 3.44. The smallest absolute Gasteiger partial charge is 0.270 e. The highest BCUT2D eigenvalue weighted by Gasteiger charge is 2.17. The summed E-state index contributed by atoms with van der Waals surface area (Å²) in [6.07, 6.45) is -2.85. The van der Waals surface area contributed by atoms with Crippen molar-refractivity contribution >= 4 is 27.5 Å². The summed E-state index contributed by atoms with van der Waals surface area (Å²) < 4.78 is 24.4. The molecule has 1 heterocycles. The Balaban J connectivity index is 3.32. The summed E-state index contributed by atoms with van der Waals surface area (Å²) in [5.41, 5.74) is -0.945. The maximum atomic E-state index is 12.2. The fourth-order valence-electron chi connectivity index (χ4n) is 0.864. The summed E-state index contributed by atoms with van der Waals surface area (Å²) >= 11 is 8.52. The lowest BCUT2D eigenvalue weighted by Crippen LogP contribution is -2.11. The molecule has 1 aromatic heterocycles. The Morgan fingerprint density at radius 3 is 2.62 bits per heavy atom. The van der Waals surface area contributed by atoms with Crippen LogP contribution in [0.15, 0.2) is 10.9 Å². The van der Waals surface area contributed by atoms with Gasteiger partial charge >= 0.3 is 0 Å². The Bertz CT molecular complexity index is 366. The molecule has 0 fully saturated rings. The van der Waals surface area contributed by atoms with Gasteiger partial charge in [-0.05, 0) is 0 Å². The first-order chi connectivity index (χ1) is 6.06. The lowest BCUT2D eigenvalue weighted by molar-refractivity contribution is 0.150. The Morgan fingerprint density at radius 1 is 1.62 bits per heavy atom. The third-order valence-electron chi connectivity index (χ3n) is 1.44. The predicted octanol–water partition coefficient (Wildman–Crippen LogP) is 2.86. The van der Waals surface area contributed by atoms with Crippen molar-refractivity contribution in [1.29, 1.82) is 0 Å². The van der Waals surface area contributed by atoms with E-state index in [2.05, 4.69) is 20.9 Å². The van der Waals surface area contributed by atoms with Gasteiger partial charge in [-0.15, -0.1) is 0 Å². The van der Waals surface area contributed by atoms with E-state index >= 15 is 0 Å². The van der Waals surface area contributed by atoms with Gasteiger partial charge in [0.1, 0.15) is 10.7 Å². The molecule has 0 aliphatic carbocycles. The lowest BCUT2D eigenvalue weighted by atomic mass is 10.2. The van der Waals surface area contributed by atoms with Crippen molar-refractivity contribution in [2.45, 2.75) is 11.8 Å². The zero-order valence-corrected chi connectivity index (χ0v) is 8.62. The number of halogens is 4. The number of pyridine rings is 1. The van der Waals surface area contributed by atoms with E-state index in [0.29, 0.717) is 11.0 Å². The molecule has 0 unspecified atom stereocenters. The molecule has 13 heavy (non-hydrogen) atoms. The average molecular weight is 272 g/mol. The van der Waals surface area contributed by atoms with Crippen LogP contribution < -0.4 is 5.43 Å². The molecule has 1 N–H and O–H groups in total. The van der Waals surface area contributed by atoms with Crippen LogP contribution in [0.3, 0.4) is 0 Å². The first-order valence-corrected chi connectivity index (χ1v) is 4.82. The monoisotopic (exact) mass is 271 g/mol. The second kappa shape index (κ2) is 4.19. The van der Waals surface area contributed by atoms with E-state index in [-0.39, 0.29) is 5.15 Å². The number of nitrogens with one attached hydrogen (secondary N) is 1. The van der Waals surface area contributed by atoms with Gasteiger partial charge < -0.3 is 4.98 Å². The van der Waals surface area contributed by atoms with E-state index in [9.17, 15) is 13.6 Å². The molecule has 1 rings (SSSR count). The van der Waals surface area contributed by atoms with Gasteiger partial charge in [-0.1, -0.05) is 27.5 Å². The average Bonchev–Trinajstić information content (AvgIpc) is 2.02. The largest absolute Gasteiger partial charge is 0.348 e. The molecule has 0 aliphatic heterocycles. The molecule has 6 heteroatoms. The molecule has 1 aromatic rings. The topological polar surface area (TPSA) is 32.9 Å². The normalized spacial score (nSPS) is 10.8. The molecule has 0 bridgehead atoms. The molecular weight excluding hydrogens is 267 g/mol. The SMILES string of the molecule is O=c1cc(CBr)[nH]c(Cl)c1C(F)F. The summed E-state index contributed by atoms with van der Waals surface area (Å²) in [5.74, 6) is 0. The highest BCUT2D eigenvalue weighted by Crippen LogP contribution is 2.22. The van der Waals surface area contributed by atoms with Crippen LogP contribution >= 0.6 is 27.5 Å². The number of rotatable bonds is 2. The summed E-state index contributed by atoms with van der Waals surface area (Å²) in [5, 5.41) is 0.0721. The molecule has 0 radical (unpaired) electrons. The molecular formula is C7H5BrClF2NO. The molecule has 0 amide bonds. The van der Waals surface area contributed by atoms with Gasteiger partial charge in [0.15, 0.2) is 5.43 Å². The van der Waals surface area contributed by atoms with Crippen molar-refractivity contribution in [2.24, 2.45) is 0 Å². The van der Waals surface area contributed by atoms with Crippen LogP contribution in [-0.4, -0.2) is 4.98 Å². The van der Waals surface area contributed by atoms with Gasteiger partial charge in [0, 0.05) is 17.1 Å². The number of hydrogen-bond acceptors (Lipinski definition) is 1. The first-order valence-electron chi connectivity index (χ1n) is 3.32. The number of aromatic amines is 1. The highest BCUT2D eigenvalue weighted by atomic mass is 79.9. The predicted molar refractivity (Wildman–Crippen MR) is 49.7 cm³/mol. The zero-order valence-electron chi connectivity index (χ0n) is 6.28. The van der Waals surface area contributed by atoms with Crippen molar-refractivity contribution < 1.29 is 8.78 Å². The van der Waals surface area contributed by atoms with Crippen LogP contribution in [0.25, 0.3) is 0 Å². The quantitative estimate of drug-likeness (QED) is 0.652. The van der Waals surface area contributed by atoms with Gasteiger partial charge in [0.25, 0.3) is 6.43 Å². The molecule has 2 nitrogen and oxygen atoms in total. The van der Waals surface area contributed by atoms with E-state index in [1.807, 2.05) is 0 Å². The van der Waals surface area contributed by atoms with Gasteiger partial charge in [-0.2, -0.15) is 0 Å². The van der Waals surface area contributed by atoms with Crippen molar-refractivity contribution in [3.8, 4) is 0 Å². The van der Waals surface area contributed by atoms with Gasteiger partial charge in [-0.3, -0.25) is 4.79 Å². The van der Waals surface area contributed by atoms with Crippen molar-refractivity contribution in [3.05, 3.63) is 32.7 Å². The molecule has 0 saturated heterocycles. The van der Waals surface area contributed by atoms with Crippen molar-refractivity contribution in [3.63, 3.8) is 0 Å². The van der Waals surface area contributed by atoms with Crippen LogP contribution in [0.2, 0.25) is 5.15 Å². The van der Waals surface area contributed by atoms with Crippen molar-refractivity contribution in [1.82, 2.24) is 4.98 Å². The summed E-state index contributed by atoms with van der Waals surface area (Å²) in [6, 6.07) is 1.10. The third-order valence-corrected chi connectivity index (χ3v) is 2.34.